The quantitative estimate of drug-likeness (QED) is 0.226. The molecular weight excluding hydrogens is 488 g/mol. The molecule has 0 atom stereocenters. The van der Waals surface area contributed by atoms with Gasteiger partial charge in [0.05, 0.1) is 41.5 Å². The fourth-order valence-electron chi connectivity index (χ4n) is 3.56. The maximum atomic E-state index is 11.9. The molecule has 1 heterocycles. The van der Waals surface area contributed by atoms with Crippen LogP contribution in [0.3, 0.4) is 0 Å². The largest absolute Gasteiger partial charge is 0.495 e. The van der Waals surface area contributed by atoms with Crippen molar-refractivity contribution in [1.29, 1.82) is 0 Å². The summed E-state index contributed by atoms with van der Waals surface area (Å²) in [5, 5.41) is 18.4. The van der Waals surface area contributed by atoms with Gasteiger partial charge in [-0.1, -0.05) is 6.07 Å². The zero-order valence-electron chi connectivity index (χ0n) is 18.7. The second-order valence-corrected chi connectivity index (χ2v) is 9.07. The van der Waals surface area contributed by atoms with Crippen LogP contribution in [0.4, 0.5) is 0 Å². The predicted molar refractivity (Wildman–Crippen MR) is 130 cm³/mol. The molecule has 4 rings (SSSR count). The monoisotopic (exact) mass is 507 g/mol. The van der Waals surface area contributed by atoms with Gasteiger partial charge in [-0.15, -0.1) is 0 Å². The van der Waals surface area contributed by atoms with Crippen molar-refractivity contribution in [1.82, 2.24) is 0 Å². The van der Waals surface area contributed by atoms with Crippen LogP contribution in [0.15, 0.2) is 88.2 Å². The van der Waals surface area contributed by atoms with Gasteiger partial charge >= 0.3 is 23.5 Å². The molecule has 3 N–H and O–H groups in total. The average molecular weight is 507 g/mol. The third-order valence-electron chi connectivity index (χ3n) is 5.40. The van der Waals surface area contributed by atoms with Gasteiger partial charge in [0.25, 0.3) is 10.1 Å². The van der Waals surface area contributed by atoms with E-state index in [2.05, 4.69) is 0 Å². The first-order chi connectivity index (χ1) is 17.1. The summed E-state index contributed by atoms with van der Waals surface area (Å²) < 4.78 is 44.6. The summed E-state index contributed by atoms with van der Waals surface area (Å²) in [7, 11) is -3.31. The van der Waals surface area contributed by atoms with Gasteiger partial charge in [0.1, 0.15) is 10.6 Å². The first-order valence-corrected chi connectivity index (χ1v) is 11.8. The fraction of sp³-hybridized carbons (Fsp3) is 0.0385. The summed E-state index contributed by atoms with van der Waals surface area (Å²) in [5.74, 6) is -1.52. The third kappa shape index (κ3) is 5.09. The van der Waals surface area contributed by atoms with Crippen molar-refractivity contribution >= 4 is 22.1 Å². The summed E-state index contributed by atoms with van der Waals surface area (Å²) in [6, 6.07) is 19.5. The highest BCUT2D eigenvalue weighted by atomic mass is 32.2. The Morgan fingerprint density at radius 3 is 1.53 bits per heavy atom. The van der Waals surface area contributed by atoms with Crippen molar-refractivity contribution in [2.75, 3.05) is 7.11 Å². The highest BCUT2D eigenvalue weighted by Crippen LogP contribution is 2.36. The number of ether oxygens (including phenoxy) is 1. The van der Waals surface area contributed by atoms with Crippen LogP contribution < -0.4 is 4.74 Å². The van der Waals surface area contributed by atoms with E-state index in [9.17, 15) is 32.8 Å². The number of carboxylic acid groups (broad SMARTS) is 2. The minimum atomic E-state index is -4.59. The Bertz CT molecular complexity index is 1500. The van der Waals surface area contributed by atoms with Crippen molar-refractivity contribution in [2.24, 2.45) is 0 Å². The Kier molecular flexibility index (Phi) is 6.56. The number of hydrogen-bond acceptors (Lipinski definition) is 5. The third-order valence-corrected chi connectivity index (χ3v) is 6.28. The van der Waals surface area contributed by atoms with Crippen molar-refractivity contribution in [2.45, 2.75) is 4.90 Å². The van der Waals surface area contributed by atoms with E-state index in [0.29, 0.717) is 33.8 Å². The molecule has 0 amide bonds. The lowest BCUT2D eigenvalue weighted by Gasteiger charge is -2.09. The molecule has 3 aromatic carbocycles. The summed E-state index contributed by atoms with van der Waals surface area (Å²) in [5.41, 5.74) is 2.22. The average Bonchev–Trinajstić information content (AvgIpc) is 2.87. The van der Waals surface area contributed by atoms with Gasteiger partial charge in [-0.25, -0.2) is 14.0 Å². The normalized spacial score (nSPS) is 11.2. The molecule has 4 aromatic rings. The summed E-state index contributed by atoms with van der Waals surface area (Å²) in [6.45, 7) is 0. The Morgan fingerprint density at radius 1 is 0.694 bits per heavy atom. The van der Waals surface area contributed by atoms with E-state index in [1.165, 1.54) is 43.5 Å². The van der Waals surface area contributed by atoms with E-state index >= 15 is 0 Å². The van der Waals surface area contributed by atoms with Crippen molar-refractivity contribution in [3.05, 3.63) is 90.0 Å². The second-order valence-electron chi connectivity index (χ2n) is 7.68. The smallest absolute Gasteiger partial charge is 0.361 e. The molecule has 0 aliphatic heterocycles. The number of carbonyl (C=O) groups is 2. The molecule has 9 nitrogen and oxygen atoms in total. The van der Waals surface area contributed by atoms with Gasteiger partial charge in [-0.05, 0) is 66.2 Å². The molecule has 10 heteroatoms. The lowest BCUT2D eigenvalue weighted by Crippen LogP contribution is -2.02. The Morgan fingerprint density at radius 2 is 1.14 bits per heavy atom. The van der Waals surface area contributed by atoms with Crippen LogP contribution in [-0.2, 0) is 10.1 Å². The van der Waals surface area contributed by atoms with E-state index < -0.39 is 27.0 Å². The van der Waals surface area contributed by atoms with Gasteiger partial charge in [-0.2, -0.15) is 8.42 Å². The first kappa shape index (κ1) is 24.6. The van der Waals surface area contributed by atoms with Gasteiger partial charge in [0.2, 0.25) is 0 Å². The van der Waals surface area contributed by atoms with E-state index in [4.69, 9.17) is 9.15 Å². The number of aromatic carboxylic acids is 2. The van der Waals surface area contributed by atoms with Crippen LogP contribution in [0.2, 0.25) is 0 Å². The molecule has 0 radical (unpaired) electrons. The number of benzene rings is 3. The van der Waals surface area contributed by atoms with E-state index in [1.54, 1.807) is 42.5 Å². The van der Waals surface area contributed by atoms with Crippen LogP contribution in [0.5, 0.6) is 5.75 Å². The maximum Gasteiger partial charge on any atom is 0.361 e. The van der Waals surface area contributed by atoms with E-state index in [1.807, 2.05) is 0 Å². The minimum Gasteiger partial charge on any atom is -0.495 e. The second kappa shape index (κ2) is 9.61. The minimum absolute atomic E-state index is 0.0316. The van der Waals surface area contributed by atoms with Crippen LogP contribution in [0.1, 0.15) is 20.7 Å². The Hall–Kier alpha value is -4.54. The molecule has 0 fully saturated rings. The van der Waals surface area contributed by atoms with Gasteiger partial charge < -0.3 is 14.9 Å². The molecular formula is C26H19O9S+. The molecule has 0 unspecified atom stereocenters. The lowest BCUT2D eigenvalue weighted by atomic mass is 10.0. The van der Waals surface area contributed by atoms with Crippen molar-refractivity contribution in [3.63, 3.8) is 0 Å². The molecule has 0 saturated heterocycles. The number of methoxy groups -OCH3 is 1. The molecule has 0 spiro atoms. The Balaban J connectivity index is 1.91. The molecule has 0 saturated carbocycles. The van der Waals surface area contributed by atoms with Crippen LogP contribution >= 0.6 is 0 Å². The first-order valence-electron chi connectivity index (χ1n) is 10.4. The molecule has 1 aromatic heterocycles. The van der Waals surface area contributed by atoms with Crippen molar-refractivity contribution in [3.8, 4) is 39.5 Å². The predicted octanol–water partition coefficient (Wildman–Crippen LogP) is 5.21. The van der Waals surface area contributed by atoms with Crippen molar-refractivity contribution < 1.29 is 41.9 Å². The van der Waals surface area contributed by atoms with Crippen LogP contribution in [0.25, 0.3) is 33.8 Å². The van der Waals surface area contributed by atoms with Gasteiger partial charge in [0.15, 0.2) is 0 Å². The van der Waals surface area contributed by atoms with Crippen LogP contribution in [-0.4, -0.2) is 42.2 Å². The highest BCUT2D eigenvalue weighted by molar-refractivity contribution is 7.86. The Labute approximate surface area is 205 Å². The maximum absolute atomic E-state index is 11.9. The standard InChI is InChI=1S/C26H18O9S/c1-34-21-11-10-19(14-24(21)36(31,32)33)20-12-22(15-2-6-17(7-3-15)25(27)28)35-23(13-20)16-4-8-18(9-5-16)26(29)30/h2-14H,1H3,(H2-,27,28,29,30,31,32,33)/p+1. The molecule has 182 valence electrons. The molecule has 0 aliphatic carbocycles. The zero-order chi connectivity index (χ0) is 26.0. The zero-order valence-corrected chi connectivity index (χ0v) is 19.5. The SMILES string of the molecule is COc1ccc(-c2cc(-c3ccc(C(=O)O)cc3)[o+]c(-c3ccc(C(=O)O)cc3)c2)cc1S(=O)(=O)O. The lowest BCUT2D eigenvalue weighted by molar-refractivity contribution is 0.0686. The van der Waals surface area contributed by atoms with Gasteiger partial charge in [-0.3, -0.25) is 4.55 Å². The van der Waals surface area contributed by atoms with Crippen LogP contribution in [0, 0.1) is 0 Å². The topological polar surface area (TPSA) is 150 Å². The van der Waals surface area contributed by atoms with E-state index in [-0.39, 0.29) is 16.9 Å². The number of rotatable bonds is 7. The molecule has 0 aliphatic rings. The highest BCUT2D eigenvalue weighted by Gasteiger charge is 2.23. The van der Waals surface area contributed by atoms with Gasteiger partial charge in [0, 0.05) is 5.56 Å². The number of hydrogen-bond donors (Lipinski definition) is 3. The fourth-order valence-corrected chi connectivity index (χ4v) is 4.25. The summed E-state index contributed by atoms with van der Waals surface area (Å²) in [6.07, 6.45) is 0. The summed E-state index contributed by atoms with van der Waals surface area (Å²) in [4.78, 5) is 22.0. The number of carboxylic acids is 2. The van der Waals surface area contributed by atoms with E-state index in [0.717, 1.165) is 0 Å². The molecule has 0 bridgehead atoms. The molecule has 36 heavy (non-hydrogen) atoms. The summed E-state index contributed by atoms with van der Waals surface area (Å²) >= 11 is 0.